The van der Waals surface area contributed by atoms with E-state index in [0.717, 1.165) is 37.9 Å². The molecule has 0 aliphatic heterocycles. The van der Waals surface area contributed by atoms with E-state index in [1.807, 2.05) is 6.92 Å². The molecule has 16 heavy (non-hydrogen) atoms. The van der Waals surface area contributed by atoms with Crippen LogP contribution in [0, 0.1) is 11.8 Å². The zero-order chi connectivity index (χ0) is 11.8. The zero-order valence-electron chi connectivity index (χ0n) is 11.1. The maximum Gasteiger partial charge on any atom is 0.0466 e. The molecule has 1 fully saturated rings. The van der Waals surface area contributed by atoms with Gasteiger partial charge in [-0.1, -0.05) is 26.2 Å². The van der Waals surface area contributed by atoms with Gasteiger partial charge >= 0.3 is 0 Å². The van der Waals surface area contributed by atoms with Gasteiger partial charge in [-0.2, -0.15) is 0 Å². The quantitative estimate of drug-likeness (QED) is 0.677. The molecule has 1 rings (SSSR count). The lowest BCUT2D eigenvalue weighted by molar-refractivity contribution is 0.137. The van der Waals surface area contributed by atoms with E-state index in [9.17, 15) is 0 Å². The molecule has 0 aromatic heterocycles. The molecule has 1 unspecified atom stereocenters. The fourth-order valence-corrected chi connectivity index (χ4v) is 2.83. The van der Waals surface area contributed by atoms with E-state index in [4.69, 9.17) is 10.5 Å². The minimum atomic E-state index is 0.415. The van der Waals surface area contributed by atoms with Gasteiger partial charge in [0.1, 0.15) is 0 Å². The maximum absolute atomic E-state index is 6.26. The summed E-state index contributed by atoms with van der Waals surface area (Å²) in [5, 5.41) is 0. The van der Waals surface area contributed by atoms with Crippen molar-refractivity contribution in [1.29, 1.82) is 0 Å². The van der Waals surface area contributed by atoms with Crippen molar-refractivity contribution in [2.24, 2.45) is 17.6 Å². The molecule has 0 saturated heterocycles. The molecule has 0 heterocycles. The average molecular weight is 227 g/mol. The van der Waals surface area contributed by atoms with Crippen LogP contribution in [0.25, 0.3) is 0 Å². The van der Waals surface area contributed by atoms with E-state index in [0.29, 0.717) is 6.04 Å². The molecule has 0 bridgehead atoms. The van der Waals surface area contributed by atoms with Gasteiger partial charge < -0.3 is 10.5 Å². The summed E-state index contributed by atoms with van der Waals surface area (Å²) in [4.78, 5) is 0. The van der Waals surface area contributed by atoms with Crippen molar-refractivity contribution >= 4 is 0 Å². The van der Waals surface area contributed by atoms with Crippen LogP contribution < -0.4 is 5.73 Å². The fraction of sp³-hybridized carbons (Fsp3) is 1.00. The third-order valence-electron chi connectivity index (χ3n) is 4.10. The molecular formula is C14H29NO. The van der Waals surface area contributed by atoms with Crippen LogP contribution in [-0.4, -0.2) is 19.3 Å². The SMILES string of the molecule is CCOCCCC(N)C1CCC(CC)CC1. The highest BCUT2D eigenvalue weighted by Gasteiger charge is 2.24. The first-order valence-electron chi connectivity index (χ1n) is 7.11. The minimum Gasteiger partial charge on any atom is -0.382 e. The topological polar surface area (TPSA) is 35.2 Å². The van der Waals surface area contributed by atoms with E-state index in [2.05, 4.69) is 6.92 Å². The van der Waals surface area contributed by atoms with Crippen molar-refractivity contribution in [3.05, 3.63) is 0 Å². The van der Waals surface area contributed by atoms with Gasteiger partial charge in [0, 0.05) is 19.3 Å². The molecule has 0 radical (unpaired) electrons. The first-order chi connectivity index (χ1) is 7.77. The predicted octanol–water partition coefficient (Wildman–Crippen LogP) is 3.35. The lowest BCUT2D eigenvalue weighted by atomic mass is 9.77. The van der Waals surface area contributed by atoms with Crippen molar-refractivity contribution < 1.29 is 4.74 Å². The van der Waals surface area contributed by atoms with Gasteiger partial charge in [-0.25, -0.2) is 0 Å². The summed E-state index contributed by atoms with van der Waals surface area (Å²) in [6.07, 6.45) is 9.14. The lowest BCUT2D eigenvalue weighted by Crippen LogP contribution is -2.33. The molecule has 96 valence electrons. The maximum atomic E-state index is 6.26. The molecule has 2 nitrogen and oxygen atoms in total. The van der Waals surface area contributed by atoms with Crippen LogP contribution in [0.1, 0.15) is 58.8 Å². The summed E-state index contributed by atoms with van der Waals surface area (Å²) in [7, 11) is 0. The van der Waals surface area contributed by atoms with E-state index in [1.165, 1.54) is 32.1 Å². The van der Waals surface area contributed by atoms with Crippen LogP contribution in [0.2, 0.25) is 0 Å². The highest BCUT2D eigenvalue weighted by Crippen LogP contribution is 2.32. The van der Waals surface area contributed by atoms with E-state index in [-0.39, 0.29) is 0 Å². The summed E-state index contributed by atoms with van der Waals surface area (Å²) in [5.74, 6) is 1.76. The summed E-state index contributed by atoms with van der Waals surface area (Å²) in [6, 6.07) is 0.415. The van der Waals surface area contributed by atoms with Crippen molar-refractivity contribution in [2.75, 3.05) is 13.2 Å². The number of hydrogen-bond acceptors (Lipinski definition) is 2. The van der Waals surface area contributed by atoms with Crippen LogP contribution >= 0.6 is 0 Å². The number of ether oxygens (including phenoxy) is 1. The fourth-order valence-electron chi connectivity index (χ4n) is 2.83. The molecule has 0 amide bonds. The Morgan fingerprint density at radius 1 is 1.19 bits per heavy atom. The van der Waals surface area contributed by atoms with Gasteiger partial charge in [0.2, 0.25) is 0 Å². The van der Waals surface area contributed by atoms with Gasteiger partial charge in [0.25, 0.3) is 0 Å². The van der Waals surface area contributed by atoms with Crippen LogP contribution in [0.4, 0.5) is 0 Å². The Balaban J connectivity index is 2.10. The normalized spacial score (nSPS) is 27.9. The molecule has 1 aliphatic rings. The van der Waals surface area contributed by atoms with Crippen LogP contribution in [0.3, 0.4) is 0 Å². The molecule has 1 atom stereocenters. The second-order valence-corrected chi connectivity index (χ2v) is 5.19. The first-order valence-corrected chi connectivity index (χ1v) is 7.11. The van der Waals surface area contributed by atoms with E-state index in [1.54, 1.807) is 0 Å². The van der Waals surface area contributed by atoms with Crippen LogP contribution in [0.15, 0.2) is 0 Å². The summed E-state index contributed by atoms with van der Waals surface area (Å²) < 4.78 is 5.35. The van der Waals surface area contributed by atoms with Gasteiger partial charge in [-0.05, 0) is 44.4 Å². The van der Waals surface area contributed by atoms with Crippen molar-refractivity contribution in [3.8, 4) is 0 Å². The zero-order valence-corrected chi connectivity index (χ0v) is 11.1. The average Bonchev–Trinajstić information content (AvgIpc) is 2.34. The molecule has 1 saturated carbocycles. The number of hydrogen-bond donors (Lipinski definition) is 1. The van der Waals surface area contributed by atoms with Crippen LogP contribution in [0.5, 0.6) is 0 Å². The van der Waals surface area contributed by atoms with Crippen molar-refractivity contribution in [1.82, 2.24) is 0 Å². The Morgan fingerprint density at radius 3 is 2.44 bits per heavy atom. The van der Waals surface area contributed by atoms with Gasteiger partial charge in [-0.3, -0.25) is 0 Å². The second-order valence-electron chi connectivity index (χ2n) is 5.19. The van der Waals surface area contributed by atoms with Crippen LogP contribution in [-0.2, 0) is 4.74 Å². The Morgan fingerprint density at radius 2 is 1.88 bits per heavy atom. The van der Waals surface area contributed by atoms with Gasteiger partial charge in [0.05, 0.1) is 0 Å². The Bertz CT molecular complexity index is 164. The third kappa shape index (κ3) is 4.84. The molecule has 2 heteroatoms. The molecule has 0 aromatic rings. The second kappa shape index (κ2) is 8.08. The Kier molecular flexibility index (Phi) is 7.06. The molecule has 1 aliphatic carbocycles. The summed E-state index contributed by atoms with van der Waals surface area (Å²) >= 11 is 0. The largest absolute Gasteiger partial charge is 0.382 e. The highest BCUT2D eigenvalue weighted by molar-refractivity contribution is 4.79. The first kappa shape index (κ1) is 14.0. The Labute approximate surface area is 101 Å². The Hall–Kier alpha value is -0.0800. The molecule has 2 N–H and O–H groups in total. The third-order valence-corrected chi connectivity index (χ3v) is 4.10. The molecular weight excluding hydrogens is 198 g/mol. The minimum absolute atomic E-state index is 0.415. The van der Waals surface area contributed by atoms with Crippen molar-refractivity contribution in [2.45, 2.75) is 64.8 Å². The number of nitrogens with two attached hydrogens (primary N) is 1. The van der Waals surface area contributed by atoms with Gasteiger partial charge in [0.15, 0.2) is 0 Å². The van der Waals surface area contributed by atoms with Gasteiger partial charge in [-0.15, -0.1) is 0 Å². The molecule has 0 aromatic carbocycles. The summed E-state index contributed by atoms with van der Waals surface area (Å²) in [6.45, 7) is 6.07. The summed E-state index contributed by atoms with van der Waals surface area (Å²) in [5.41, 5.74) is 6.26. The standard InChI is InChI=1S/C14H29NO/c1-3-12-7-9-13(10-8-12)14(15)6-5-11-16-4-2/h12-14H,3-11,15H2,1-2H3. The smallest absolute Gasteiger partial charge is 0.0466 e. The highest BCUT2D eigenvalue weighted by atomic mass is 16.5. The molecule has 0 spiro atoms. The predicted molar refractivity (Wildman–Crippen MR) is 69.4 cm³/mol. The lowest BCUT2D eigenvalue weighted by Gasteiger charge is -2.31. The van der Waals surface area contributed by atoms with E-state index < -0.39 is 0 Å². The number of rotatable bonds is 7. The van der Waals surface area contributed by atoms with E-state index >= 15 is 0 Å². The monoisotopic (exact) mass is 227 g/mol. The van der Waals surface area contributed by atoms with Crippen molar-refractivity contribution in [3.63, 3.8) is 0 Å².